The van der Waals surface area contributed by atoms with Gasteiger partial charge in [0.05, 0.1) is 5.54 Å². The Bertz CT molecular complexity index is 610. The van der Waals surface area contributed by atoms with Crippen LogP contribution in [0, 0.1) is 0 Å². The lowest BCUT2D eigenvalue weighted by molar-refractivity contribution is 0.0865. The maximum absolute atomic E-state index is 12.9. The second-order valence-electron chi connectivity index (χ2n) is 5.20. The Hall–Kier alpha value is -1.74. The van der Waals surface area contributed by atoms with Crippen LogP contribution < -0.4 is 5.32 Å². The molecule has 1 aromatic carbocycles. The highest BCUT2D eigenvalue weighted by molar-refractivity contribution is 6.12. The van der Waals surface area contributed by atoms with Crippen LogP contribution in [0.25, 0.3) is 10.8 Å². The van der Waals surface area contributed by atoms with Crippen molar-refractivity contribution >= 4 is 16.6 Å². The largest absolute Gasteiger partial charge is 0.305 e. The van der Waals surface area contributed by atoms with Crippen LogP contribution in [0.15, 0.2) is 36.7 Å². The Labute approximate surface area is 113 Å². The number of nitrogens with zero attached hydrogens (tertiary/aromatic N) is 1. The molecule has 1 fully saturated rings. The summed E-state index contributed by atoms with van der Waals surface area (Å²) in [7, 11) is 0. The highest BCUT2D eigenvalue weighted by atomic mass is 16.1. The van der Waals surface area contributed by atoms with Gasteiger partial charge in [0.2, 0.25) is 0 Å². The summed E-state index contributed by atoms with van der Waals surface area (Å²) in [4.78, 5) is 17.1. The molecule has 0 bridgehead atoms. The van der Waals surface area contributed by atoms with Crippen molar-refractivity contribution in [2.24, 2.45) is 0 Å². The summed E-state index contributed by atoms with van der Waals surface area (Å²) in [5, 5.41) is 5.43. The lowest BCUT2D eigenvalue weighted by Gasteiger charge is -2.26. The summed E-state index contributed by atoms with van der Waals surface area (Å²) < 4.78 is 0. The molecule has 1 aliphatic heterocycles. The molecule has 1 saturated heterocycles. The Balaban J connectivity index is 2.11. The molecule has 0 radical (unpaired) electrons. The molecule has 1 atom stereocenters. The topological polar surface area (TPSA) is 42.0 Å². The van der Waals surface area contributed by atoms with Gasteiger partial charge in [0, 0.05) is 23.3 Å². The van der Waals surface area contributed by atoms with E-state index >= 15 is 0 Å². The minimum absolute atomic E-state index is 0.191. The van der Waals surface area contributed by atoms with Crippen LogP contribution in [0.2, 0.25) is 0 Å². The molecule has 19 heavy (non-hydrogen) atoms. The minimum Gasteiger partial charge on any atom is -0.305 e. The van der Waals surface area contributed by atoms with Crippen LogP contribution >= 0.6 is 0 Å². The quantitative estimate of drug-likeness (QED) is 0.856. The summed E-state index contributed by atoms with van der Waals surface area (Å²) in [6.45, 7) is 3.01. The maximum Gasteiger partial charge on any atom is 0.185 e. The predicted octanol–water partition coefficient (Wildman–Crippen LogP) is 2.95. The van der Waals surface area contributed by atoms with Gasteiger partial charge in [-0.1, -0.05) is 31.2 Å². The molecule has 1 aliphatic rings. The third-order valence-electron chi connectivity index (χ3n) is 4.19. The highest BCUT2D eigenvalue weighted by Crippen LogP contribution is 2.29. The normalized spacial score (nSPS) is 22.8. The smallest absolute Gasteiger partial charge is 0.185 e. The van der Waals surface area contributed by atoms with E-state index in [1.807, 2.05) is 30.5 Å². The first-order valence-electron chi connectivity index (χ1n) is 6.89. The number of benzene rings is 1. The van der Waals surface area contributed by atoms with E-state index < -0.39 is 0 Å². The number of aromatic nitrogens is 1. The van der Waals surface area contributed by atoms with Crippen molar-refractivity contribution in [1.29, 1.82) is 0 Å². The van der Waals surface area contributed by atoms with Crippen molar-refractivity contribution in [2.75, 3.05) is 6.54 Å². The Morgan fingerprint density at radius 3 is 2.95 bits per heavy atom. The zero-order valence-electron chi connectivity index (χ0n) is 11.1. The number of nitrogens with one attached hydrogen (secondary N) is 1. The van der Waals surface area contributed by atoms with Crippen molar-refractivity contribution < 1.29 is 4.79 Å². The van der Waals surface area contributed by atoms with Crippen LogP contribution in [-0.2, 0) is 0 Å². The Kier molecular flexibility index (Phi) is 3.07. The maximum atomic E-state index is 12.9. The van der Waals surface area contributed by atoms with E-state index in [1.165, 1.54) is 0 Å². The van der Waals surface area contributed by atoms with Crippen LogP contribution in [0.3, 0.4) is 0 Å². The van der Waals surface area contributed by atoms with Crippen molar-refractivity contribution in [2.45, 2.75) is 31.7 Å². The van der Waals surface area contributed by atoms with E-state index in [-0.39, 0.29) is 11.3 Å². The third kappa shape index (κ3) is 1.94. The molecule has 2 heterocycles. The molecular weight excluding hydrogens is 236 g/mol. The highest BCUT2D eigenvalue weighted by Gasteiger charge is 2.40. The lowest BCUT2D eigenvalue weighted by Crippen LogP contribution is -2.47. The number of carbonyl (C=O) groups is 1. The summed E-state index contributed by atoms with van der Waals surface area (Å²) in [6, 6.07) is 7.95. The van der Waals surface area contributed by atoms with Gasteiger partial charge in [0.15, 0.2) is 5.78 Å². The number of hydrogen-bond acceptors (Lipinski definition) is 3. The molecule has 3 rings (SSSR count). The zero-order chi connectivity index (χ0) is 13.3. The van der Waals surface area contributed by atoms with Crippen molar-refractivity contribution in [1.82, 2.24) is 10.3 Å². The number of carbonyl (C=O) groups excluding carboxylic acids is 1. The van der Waals surface area contributed by atoms with Gasteiger partial charge in [-0.25, -0.2) is 0 Å². The lowest BCUT2D eigenvalue weighted by atomic mass is 9.84. The first-order valence-corrected chi connectivity index (χ1v) is 6.89. The van der Waals surface area contributed by atoms with Gasteiger partial charge in [0.1, 0.15) is 0 Å². The molecule has 0 amide bonds. The van der Waals surface area contributed by atoms with E-state index in [9.17, 15) is 4.79 Å². The molecule has 1 unspecified atom stereocenters. The molecule has 0 aliphatic carbocycles. The fourth-order valence-corrected chi connectivity index (χ4v) is 3.02. The first kappa shape index (κ1) is 12.3. The van der Waals surface area contributed by atoms with E-state index in [4.69, 9.17) is 0 Å². The average Bonchev–Trinajstić information content (AvgIpc) is 2.96. The summed E-state index contributed by atoms with van der Waals surface area (Å²) in [5.74, 6) is 0.191. The van der Waals surface area contributed by atoms with E-state index in [1.54, 1.807) is 6.20 Å². The molecule has 1 N–H and O–H groups in total. The fourth-order valence-electron chi connectivity index (χ4n) is 3.02. The van der Waals surface area contributed by atoms with Gasteiger partial charge in [-0.3, -0.25) is 9.78 Å². The summed E-state index contributed by atoms with van der Waals surface area (Å²) >= 11 is 0. The van der Waals surface area contributed by atoms with Gasteiger partial charge < -0.3 is 5.32 Å². The summed E-state index contributed by atoms with van der Waals surface area (Å²) in [5.41, 5.74) is 0.362. The monoisotopic (exact) mass is 254 g/mol. The second-order valence-corrected chi connectivity index (χ2v) is 5.20. The number of fused-ring (bicyclic) bond motifs is 1. The standard InChI is InChI=1S/C16H18N2O/c1-2-16(8-5-9-18-16)15(19)14-11-17-10-12-6-3-4-7-13(12)14/h3-4,6-7,10-11,18H,2,5,8-9H2,1H3. The summed E-state index contributed by atoms with van der Waals surface area (Å²) in [6.07, 6.45) is 6.34. The predicted molar refractivity (Wildman–Crippen MR) is 76.3 cm³/mol. The van der Waals surface area contributed by atoms with E-state index in [0.717, 1.165) is 42.1 Å². The van der Waals surface area contributed by atoms with E-state index in [2.05, 4.69) is 17.2 Å². The van der Waals surface area contributed by atoms with Crippen molar-refractivity contribution in [3.8, 4) is 0 Å². The van der Waals surface area contributed by atoms with Gasteiger partial charge in [0.25, 0.3) is 0 Å². The zero-order valence-corrected chi connectivity index (χ0v) is 11.1. The number of Topliss-reactive ketones (excluding diaryl/α,β-unsaturated/α-hetero) is 1. The van der Waals surface area contributed by atoms with Gasteiger partial charge in [-0.05, 0) is 31.2 Å². The van der Waals surface area contributed by atoms with Crippen LogP contribution in [0.5, 0.6) is 0 Å². The van der Waals surface area contributed by atoms with Gasteiger partial charge >= 0.3 is 0 Å². The van der Waals surface area contributed by atoms with Crippen LogP contribution in [-0.4, -0.2) is 22.9 Å². The molecule has 2 aromatic rings. The molecule has 3 heteroatoms. The van der Waals surface area contributed by atoms with Crippen molar-refractivity contribution in [3.63, 3.8) is 0 Å². The SMILES string of the molecule is CCC1(C(=O)c2cncc3ccccc23)CCCN1. The molecule has 0 saturated carbocycles. The van der Waals surface area contributed by atoms with Gasteiger partial charge in [-0.15, -0.1) is 0 Å². The van der Waals surface area contributed by atoms with Crippen LogP contribution in [0.1, 0.15) is 36.5 Å². The average molecular weight is 254 g/mol. The number of rotatable bonds is 3. The molecule has 0 spiro atoms. The number of ketones is 1. The number of hydrogen-bond donors (Lipinski definition) is 1. The minimum atomic E-state index is -0.383. The van der Waals surface area contributed by atoms with Crippen LogP contribution in [0.4, 0.5) is 0 Å². The molecule has 3 nitrogen and oxygen atoms in total. The fraction of sp³-hybridized carbons (Fsp3) is 0.375. The van der Waals surface area contributed by atoms with Crippen molar-refractivity contribution in [3.05, 3.63) is 42.2 Å². The molecule has 98 valence electrons. The first-order chi connectivity index (χ1) is 9.27. The third-order valence-corrected chi connectivity index (χ3v) is 4.19. The number of pyridine rings is 1. The second kappa shape index (κ2) is 4.74. The molecule has 1 aromatic heterocycles. The Morgan fingerprint density at radius 1 is 1.37 bits per heavy atom. The Morgan fingerprint density at radius 2 is 2.21 bits per heavy atom. The van der Waals surface area contributed by atoms with E-state index in [0.29, 0.717) is 0 Å². The van der Waals surface area contributed by atoms with Gasteiger partial charge in [-0.2, -0.15) is 0 Å². The molecular formula is C16H18N2O.